The van der Waals surface area contributed by atoms with E-state index in [1.54, 1.807) is 33.5 Å². The predicted molar refractivity (Wildman–Crippen MR) is 145 cm³/mol. The zero-order chi connectivity index (χ0) is 26.1. The second-order valence-corrected chi connectivity index (χ2v) is 9.87. The number of ether oxygens (including phenoxy) is 1. The van der Waals surface area contributed by atoms with Crippen LogP contribution in [0, 0.1) is 5.82 Å². The number of carbonyl (C=O) groups is 1. The molecule has 0 radical (unpaired) electrons. The third-order valence-electron chi connectivity index (χ3n) is 7.05. The molecule has 5 rings (SSSR count). The minimum atomic E-state index is -0.471. The number of amides is 1. The number of carbonyl (C=O) groups excluding carboxylic acids is 1. The third kappa shape index (κ3) is 4.89. The first kappa shape index (κ1) is 24.8. The van der Waals surface area contributed by atoms with Crippen LogP contribution in [0.4, 0.5) is 10.1 Å². The van der Waals surface area contributed by atoms with E-state index in [-0.39, 0.29) is 23.7 Å². The van der Waals surface area contributed by atoms with Crippen molar-refractivity contribution in [3.05, 3.63) is 66.2 Å². The van der Waals surface area contributed by atoms with Gasteiger partial charge in [0, 0.05) is 60.6 Å². The Morgan fingerprint density at radius 3 is 2.73 bits per heavy atom. The Labute approximate surface area is 215 Å². The van der Waals surface area contributed by atoms with Crippen LogP contribution < -0.4 is 15.8 Å². The van der Waals surface area contributed by atoms with Crippen LogP contribution >= 0.6 is 0 Å². The Bertz CT molecular complexity index is 1450. The molecule has 0 aliphatic heterocycles. The first-order valence-electron chi connectivity index (χ1n) is 12.5. The maximum Gasteiger partial charge on any atom is 0.255 e. The van der Waals surface area contributed by atoms with Gasteiger partial charge in [-0.15, -0.1) is 0 Å². The number of benzene rings is 2. The highest BCUT2D eigenvalue weighted by atomic mass is 19.1. The molecule has 2 unspecified atom stereocenters. The van der Waals surface area contributed by atoms with E-state index in [1.165, 1.54) is 11.0 Å². The molecule has 0 bridgehead atoms. The average Bonchev–Trinajstić information content (AvgIpc) is 3.32. The summed E-state index contributed by atoms with van der Waals surface area (Å²) in [4.78, 5) is 22.4. The minimum Gasteiger partial charge on any atom is -0.496 e. The number of aromatic amines is 1. The van der Waals surface area contributed by atoms with Gasteiger partial charge in [-0.3, -0.25) is 4.79 Å². The number of fused-ring (bicyclic) bond motifs is 1. The van der Waals surface area contributed by atoms with Crippen molar-refractivity contribution in [1.29, 1.82) is 0 Å². The van der Waals surface area contributed by atoms with Crippen LogP contribution in [0.2, 0.25) is 0 Å². The smallest absolute Gasteiger partial charge is 0.255 e. The SMILES string of the molecule is COc1ccccc1-c1c[nH]c2ncc(-c3cc(F)c(NC4CCCC(N)C4)c(C(=O)N(C)C)c3)cc12. The van der Waals surface area contributed by atoms with Gasteiger partial charge in [0.15, 0.2) is 0 Å². The highest BCUT2D eigenvalue weighted by molar-refractivity contribution is 6.02. The van der Waals surface area contributed by atoms with Gasteiger partial charge in [-0.05, 0) is 55.5 Å². The van der Waals surface area contributed by atoms with Gasteiger partial charge in [0.05, 0.1) is 18.4 Å². The fraction of sp³-hybridized carbons (Fsp3) is 0.310. The number of para-hydroxylation sites is 1. The van der Waals surface area contributed by atoms with Crippen molar-refractivity contribution < 1.29 is 13.9 Å². The number of rotatable bonds is 6. The van der Waals surface area contributed by atoms with Gasteiger partial charge in [-0.25, -0.2) is 9.37 Å². The number of nitrogens with zero attached hydrogens (tertiary/aromatic N) is 2. The largest absolute Gasteiger partial charge is 0.496 e. The first-order chi connectivity index (χ1) is 17.9. The summed E-state index contributed by atoms with van der Waals surface area (Å²) in [7, 11) is 4.97. The summed E-state index contributed by atoms with van der Waals surface area (Å²) in [6.45, 7) is 0. The van der Waals surface area contributed by atoms with Gasteiger partial charge in [0.2, 0.25) is 0 Å². The van der Waals surface area contributed by atoms with Crippen LogP contribution in [0.1, 0.15) is 36.0 Å². The molecule has 2 heterocycles. The van der Waals surface area contributed by atoms with Crippen LogP contribution in [-0.2, 0) is 0 Å². The number of aromatic nitrogens is 2. The molecule has 1 amide bonds. The lowest BCUT2D eigenvalue weighted by Crippen LogP contribution is -2.35. The Morgan fingerprint density at radius 1 is 1.16 bits per heavy atom. The summed E-state index contributed by atoms with van der Waals surface area (Å²) in [6, 6.07) is 13.1. The van der Waals surface area contributed by atoms with Crippen molar-refractivity contribution in [2.24, 2.45) is 5.73 Å². The summed E-state index contributed by atoms with van der Waals surface area (Å²) >= 11 is 0. The van der Waals surface area contributed by atoms with Crippen molar-refractivity contribution in [3.8, 4) is 28.0 Å². The Balaban J connectivity index is 1.59. The molecule has 8 heteroatoms. The quantitative estimate of drug-likeness (QED) is 0.328. The summed E-state index contributed by atoms with van der Waals surface area (Å²) in [6.07, 6.45) is 7.17. The Hall–Kier alpha value is -3.91. The van der Waals surface area contributed by atoms with Crippen molar-refractivity contribution in [3.63, 3.8) is 0 Å². The van der Waals surface area contributed by atoms with Crippen LogP contribution in [0.5, 0.6) is 5.75 Å². The van der Waals surface area contributed by atoms with Crippen LogP contribution in [0.15, 0.2) is 54.9 Å². The molecule has 4 aromatic rings. The van der Waals surface area contributed by atoms with Gasteiger partial charge < -0.3 is 25.7 Å². The lowest BCUT2D eigenvalue weighted by Gasteiger charge is -2.29. The predicted octanol–water partition coefficient (Wildman–Crippen LogP) is 5.43. The van der Waals surface area contributed by atoms with Gasteiger partial charge in [0.25, 0.3) is 5.91 Å². The molecule has 0 spiro atoms. The number of H-pyrrole nitrogens is 1. The molecular weight excluding hydrogens is 469 g/mol. The molecule has 0 saturated heterocycles. The Kier molecular flexibility index (Phi) is 6.84. The standard InChI is InChI=1S/C29H32FN5O2/c1-35(2)29(36)23-11-17(13-25(30)27(23)34-20-8-6-7-19(31)14-20)18-12-22-24(16-33-28(22)32-15-18)21-9-4-5-10-26(21)37-3/h4-5,9-13,15-16,19-20,34H,6-8,14,31H2,1-3H3,(H,32,33). The van der Waals surface area contributed by atoms with E-state index in [4.69, 9.17) is 10.5 Å². The van der Waals surface area contributed by atoms with E-state index in [0.29, 0.717) is 22.3 Å². The van der Waals surface area contributed by atoms with Crippen molar-refractivity contribution in [2.45, 2.75) is 37.8 Å². The second kappa shape index (κ2) is 10.2. The van der Waals surface area contributed by atoms with Gasteiger partial charge >= 0.3 is 0 Å². The summed E-state index contributed by atoms with van der Waals surface area (Å²) < 4.78 is 21.2. The maximum absolute atomic E-state index is 15.7. The number of halogens is 1. The van der Waals surface area contributed by atoms with E-state index >= 15 is 4.39 Å². The van der Waals surface area contributed by atoms with Crippen LogP contribution in [-0.4, -0.2) is 54.1 Å². The van der Waals surface area contributed by atoms with Crippen molar-refractivity contribution in [2.75, 3.05) is 26.5 Å². The fourth-order valence-electron chi connectivity index (χ4n) is 5.14. The van der Waals surface area contributed by atoms with E-state index in [1.807, 2.05) is 36.5 Å². The molecule has 7 nitrogen and oxygen atoms in total. The zero-order valence-electron chi connectivity index (χ0n) is 21.3. The van der Waals surface area contributed by atoms with Gasteiger partial charge in [-0.1, -0.05) is 18.2 Å². The second-order valence-electron chi connectivity index (χ2n) is 9.87. The van der Waals surface area contributed by atoms with E-state index in [2.05, 4.69) is 15.3 Å². The summed E-state index contributed by atoms with van der Waals surface area (Å²) in [5.41, 5.74) is 10.5. The van der Waals surface area contributed by atoms with E-state index < -0.39 is 5.82 Å². The third-order valence-corrected chi connectivity index (χ3v) is 7.05. The Morgan fingerprint density at radius 2 is 1.97 bits per heavy atom. The van der Waals surface area contributed by atoms with E-state index in [9.17, 15) is 4.79 Å². The molecule has 1 fully saturated rings. The van der Waals surface area contributed by atoms with Gasteiger partial charge in [0.1, 0.15) is 17.2 Å². The van der Waals surface area contributed by atoms with E-state index in [0.717, 1.165) is 47.9 Å². The maximum atomic E-state index is 15.7. The summed E-state index contributed by atoms with van der Waals surface area (Å²) in [5, 5.41) is 4.17. The molecule has 1 saturated carbocycles. The molecule has 1 aliphatic rings. The number of nitrogens with two attached hydrogens (primary N) is 1. The first-order valence-corrected chi connectivity index (χ1v) is 12.5. The minimum absolute atomic E-state index is 0.0269. The molecule has 4 N–H and O–H groups in total. The van der Waals surface area contributed by atoms with Crippen molar-refractivity contribution in [1.82, 2.24) is 14.9 Å². The fourth-order valence-corrected chi connectivity index (χ4v) is 5.14. The number of anilines is 1. The lowest BCUT2D eigenvalue weighted by molar-refractivity contribution is 0.0828. The normalized spacial score (nSPS) is 17.5. The summed E-state index contributed by atoms with van der Waals surface area (Å²) in [5.74, 6) is 0.00582. The number of nitrogens with one attached hydrogen (secondary N) is 2. The molecule has 2 aromatic carbocycles. The topological polar surface area (TPSA) is 96.3 Å². The molecular formula is C29H32FN5O2. The molecule has 37 heavy (non-hydrogen) atoms. The van der Waals surface area contributed by atoms with Gasteiger partial charge in [-0.2, -0.15) is 0 Å². The number of pyridine rings is 1. The molecule has 2 atom stereocenters. The number of methoxy groups -OCH3 is 1. The molecule has 2 aromatic heterocycles. The van der Waals surface area contributed by atoms with Crippen LogP contribution in [0.25, 0.3) is 33.3 Å². The zero-order valence-corrected chi connectivity index (χ0v) is 21.3. The highest BCUT2D eigenvalue weighted by Crippen LogP contribution is 2.37. The van der Waals surface area contributed by atoms with Crippen LogP contribution in [0.3, 0.4) is 0 Å². The average molecular weight is 502 g/mol. The number of hydrogen-bond donors (Lipinski definition) is 3. The molecule has 1 aliphatic carbocycles. The lowest BCUT2D eigenvalue weighted by atomic mass is 9.91. The highest BCUT2D eigenvalue weighted by Gasteiger charge is 2.25. The van der Waals surface area contributed by atoms with Crippen molar-refractivity contribution >= 4 is 22.6 Å². The number of hydrogen-bond acceptors (Lipinski definition) is 5. The monoisotopic (exact) mass is 501 g/mol. The molecule has 192 valence electrons.